The Morgan fingerprint density at radius 1 is 1.58 bits per heavy atom. The fourth-order valence-corrected chi connectivity index (χ4v) is 0.866. The molecule has 1 aromatic carbocycles. The number of aliphatic hydroxyl groups excluding tert-OH is 1. The summed E-state index contributed by atoms with van der Waals surface area (Å²) in [5.41, 5.74) is 0.528. The molecule has 0 bridgehead atoms. The summed E-state index contributed by atoms with van der Waals surface area (Å²) in [6.07, 6.45) is 0. The Balaban J connectivity index is 2.91. The molecule has 0 aliphatic rings. The van der Waals surface area contributed by atoms with E-state index in [4.69, 9.17) is 9.84 Å². The first kappa shape index (κ1) is 9.00. The van der Waals surface area contributed by atoms with Crippen LogP contribution in [0.25, 0.3) is 0 Å². The van der Waals surface area contributed by atoms with Crippen LogP contribution >= 0.6 is 0 Å². The summed E-state index contributed by atoms with van der Waals surface area (Å²) in [6.45, 7) is 3.09. The number of benzene rings is 1. The lowest BCUT2D eigenvalue weighted by Crippen LogP contribution is -1.95. The van der Waals surface area contributed by atoms with Crippen LogP contribution in [0.1, 0.15) is 12.5 Å². The molecule has 1 rings (SSSR count). The Hall–Kier alpha value is -1.09. The van der Waals surface area contributed by atoms with Gasteiger partial charge >= 0.3 is 0 Å². The number of rotatable bonds is 3. The van der Waals surface area contributed by atoms with Gasteiger partial charge in [-0.3, -0.25) is 0 Å². The molecule has 0 saturated heterocycles. The first-order valence-electron chi connectivity index (χ1n) is 3.67. The van der Waals surface area contributed by atoms with Crippen molar-refractivity contribution in [3.63, 3.8) is 0 Å². The van der Waals surface area contributed by atoms with Gasteiger partial charge in [-0.1, -0.05) is 6.07 Å². The van der Waals surface area contributed by atoms with E-state index < -0.39 is 5.82 Å². The molecule has 0 aliphatic heterocycles. The predicted octanol–water partition coefficient (Wildman–Crippen LogP) is 2.11. The fraction of sp³-hybridized carbons (Fsp3) is 0.222. The van der Waals surface area contributed by atoms with Gasteiger partial charge < -0.3 is 9.84 Å². The molecule has 0 heterocycles. The average Bonchev–Trinajstić information content (AvgIpc) is 2.09. The highest BCUT2D eigenvalue weighted by Crippen LogP contribution is 2.18. The first-order chi connectivity index (χ1) is 5.77. The van der Waals surface area contributed by atoms with Crippen molar-refractivity contribution in [3.8, 4) is 5.75 Å². The van der Waals surface area contributed by atoms with Gasteiger partial charge in [-0.15, -0.1) is 0 Å². The summed E-state index contributed by atoms with van der Waals surface area (Å²) in [5, 5.41) is 8.62. The highest BCUT2D eigenvalue weighted by atomic mass is 19.1. The number of halogens is 1. The maximum Gasteiger partial charge on any atom is 0.165 e. The van der Waals surface area contributed by atoms with Crippen LogP contribution in [0.15, 0.2) is 18.2 Å². The smallest absolute Gasteiger partial charge is 0.165 e. The van der Waals surface area contributed by atoms with E-state index >= 15 is 0 Å². The normalized spacial score (nSPS) is 9.92. The summed E-state index contributed by atoms with van der Waals surface area (Å²) in [6, 6.07) is 4.17. The monoisotopic (exact) mass is 169 g/mol. The molecule has 3 heteroatoms. The average molecular weight is 169 g/mol. The fourth-order valence-electron chi connectivity index (χ4n) is 0.866. The third-order valence-electron chi connectivity index (χ3n) is 1.40. The Kier molecular flexibility index (Phi) is 3.05. The zero-order chi connectivity index (χ0) is 8.97. The van der Waals surface area contributed by atoms with Gasteiger partial charge in [0.05, 0.1) is 6.61 Å². The van der Waals surface area contributed by atoms with Gasteiger partial charge in [0.25, 0.3) is 0 Å². The van der Waals surface area contributed by atoms with Crippen molar-refractivity contribution in [2.45, 2.75) is 6.92 Å². The topological polar surface area (TPSA) is 29.5 Å². The molecule has 0 atom stereocenters. The van der Waals surface area contributed by atoms with E-state index in [1.54, 1.807) is 6.92 Å². The van der Waals surface area contributed by atoms with Crippen molar-refractivity contribution >= 4 is 0 Å². The number of ether oxygens (including phenoxy) is 1. The number of aliphatic hydroxyl groups is 1. The maximum absolute atomic E-state index is 12.9. The quantitative estimate of drug-likeness (QED) is 0.750. The number of hydrogen-bond acceptors (Lipinski definition) is 2. The lowest BCUT2D eigenvalue weighted by molar-refractivity contribution is 0.320. The van der Waals surface area contributed by atoms with Crippen LogP contribution in [0.4, 0.5) is 4.39 Å². The van der Waals surface area contributed by atoms with Crippen molar-refractivity contribution in [1.29, 1.82) is 0 Å². The molecular weight excluding hydrogens is 159 g/mol. The third kappa shape index (κ3) is 1.95. The molecule has 1 radical (unpaired) electrons. The molecule has 2 nitrogen and oxygen atoms in total. The molecule has 0 unspecified atom stereocenters. The SMILES string of the molecule is CCOc1cc([CH]O)ccc1F. The molecule has 1 aromatic rings. The lowest BCUT2D eigenvalue weighted by Gasteiger charge is -2.04. The molecule has 0 aliphatic carbocycles. The van der Waals surface area contributed by atoms with E-state index in [0.717, 1.165) is 6.61 Å². The van der Waals surface area contributed by atoms with Crippen LogP contribution in [0.2, 0.25) is 0 Å². The molecule has 0 spiro atoms. The Morgan fingerprint density at radius 2 is 2.33 bits per heavy atom. The maximum atomic E-state index is 12.9. The first-order valence-corrected chi connectivity index (χ1v) is 3.67. The largest absolute Gasteiger partial charge is 0.491 e. The highest BCUT2D eigenvalue weighted by molar-refractivity contribution is 5.32. The minimum atomic E-state index is -0.414. The van der Waals surface area contributed by atoms with Gasteiger partial charge in [0.15, 0.2) is 11.6 Å². The van der Waals surface area contributed by atoms with Crippen LogP contribution in [-0.4, -0.2) is 11.7 Å². The van der Waals surface area contributed by atoms with Crippen LogP contribution < -0.4 is 4.74 Å². The van der Waals surface area contributed by atoms with Crippen molar-refractivity contribution < 1.29 is 14.2 Å². The van der Waals surface area contributed by atoms with E-state index in [2.05, 4.69) is 0 Å². The number of hydrogen-bond donors (Lipinski definition) is 1. The highest BCUT2D eigenvalue weighted by Gasteiger charge is 2.02. The van der Waals surface area contributed by atoms with E-state index in [0.29, 0.717) is 12.2 Å². The summed E-state index contributed by atoms with van der Waals surface area (Å²) < 4.78 is 17.8. The molecule has 1 N–H and O–H groups in total. The van der Waals surface area contributed by atoms with Crippen molar-refractivity contribution in [3.05, 3.63) is 36.2 Å². The van der Waals surface area contributed by atoms with Crippen molar-refractivity contribution in [2.75, 3.05) is 6.61 Å². The summed E-state index contributed by atoms with van der Waals surface area (Å²) >= 11 is 0. The van der Waals surface area contributed by atoms with Crippen LogP contribution in [0, 0.1) is 12.4 Å². The van der Waals surface area contributed by atoms with Gasteiger partial charge in [-0.2, -0.15) is 0 Å². The van der Waals surface area contributed by atoms with Crippen molar-refractivity contribution in [1.82, 2.24) is 0 Å². The van der Waals surface area contributed by atoms with E-state index in [-0.39, 0.29) is 5.75 Å². The minimum absolute atomic E-state index is 0.167. The van der Waals surface area contributed by atoms with E-state index in [9.17, 15) is 4.39 Å². The second kappa shape index (κ2) is 4.07. The molecule has 0 amide bonds. The molecule has 0 fully saturated rings. The van der Waals surface area contributed by atoms with Gasteiger partial charge in [-0.25, -0.2) is 4.39 Å². The molecule has 0 saturated carbocycles. The van der Waals surface area contributed by atoms with Gasteiger partial charge in [0.2, 0.25) is 0 Å². The van der Waals surface area contributed by atoms with Gasteiger partial charge in [0.1, 0.15) is 6.61 Å². The second-order valence-corrected chi connectivity index (χ2v) is 2.25. The second-order valence-electron chi connectivity index (χ2n) is 2.25. The summed E-state index contributed by atoms with van der Waals surface area (Å²) in [5.74, 6) is -0.247. The molecular formula is C9H10FO2. The summed E-state index contributed by atoms with van der Waals surface area (Å²) in [4.78, 5) is 0. The molecule has 65 valence electrons. The van der Waals surface area contributed by atoms with E-state index in [1.165, 1.54) is 18.2 Å². The van der Waals surface area contributed by atoms with E-state index in [1.807, 2.05) is 0 Å². The van der Waals surface area contributed by atoms with Crippen LogP contribution in [-0.2, 0) is 0 Å². The van der Waals surface area contributed by atoms with Gasteiger partial charge in [-0.05, 0) is 24.6 Å². The zero-order valence-electron chi connectivity index (χ0n) is 6.75. The third-order valence-corrected chi connectivity index (χ3v) is 1.40. The molecule has 0 aromatic heterocycles. The van der Waals surface area contributed by atoms with Crippen molar-refractivity contribution in [2.24, 2.45) is 0 Å². The predicted molar refractivity (Wildman–Crippen MR) is 42.9 cm³/mol. The Morgan fingerprint density at radius 3 is 2.92 bits per heavy atom. The van der Waals surface area contributed by atoms with Gasteiger partial charge in [0, 0.05) is 0 Å². The summed E-state index contributed by atoms with van der Waals surface area (Å²) in [7, 11) is 0. The minimum Gasteiger partial charge on any atom is -0.491 e. The van der Waals surface area contributed by atoms with Crippen LogP contribution in [0.5, 0.6) is 5.75 Å². The lowest BCUT2D eigenvalue weighted by atomic mass is 10.2. The van der Waals surface area contributed by atoms with Crippen LogP contribution in [0.3, 0.4) is 0 Å². The Labute approximate surface area is 70.6 Å². The standard InChI is InChI=1S/C9H10FO2/c1-2-12-9-5-7(6-11)3-4-8(9)10/h3-6,11H,2H2,1H3. The zero-order valence-corrected chi connectivity index (χ0v) is 6.75. The Bertz CT molecular complexity index is 261. The molecule has 12 heavy (non-hydrogen) atoms.